The second kappa shape index (κ2) is 32.6. The zero-order chi connectivity index (χ0) is 31.7. The Labute approximate surface area is 281 Å². The molecular formula is C43H81P. The van der Waals surface area contributed by atoms with Crippen LogP contribution < -0.4 is 0 Å². The molecule has 258 valence electrons. The maximum Gasteiger partial charge on any atom is 0.00975 e. The van der Waals surface area contributed by atoms with Gasteiger partial charge in [0.25, 0.3) is 0 Å². The monoisotopic (exact) mass is 629 g/mol. The Hall–Kier alpha value is -0.350. The van der Waals surface area contributed by atoms with Crippen LogP contribution in [-0.4, -0.2) is 0 Å². The molecule has 0 bridgehead atoms. The van der Waals surface area contributed by atoms with Crippen molar-refractivity contribution in [3.63, 3.8) is 0 Å². The van der Waals surface area contributed by atoms with Crippen LogP contribution in [0.2, 0.25) is 0 Å². The number of hydrogen-bond acceptors (Lipinski definition) is 0. The Morgan fingerprint density at radius 2 is 0.568 bits per heavy atom. The van der Waals surface area contributed by atoms with Gasteiger partial charge in [0.05, 0.1) is 0 Å². The number of rotatable bonds is 35. The molecule has 0 aromatic heterocycles. The largest absolute Gasteiger partial charge is 0.126 e. The first-order chi connectivity index (χ1) is 21.7. The Kier molecular flexibility index (Phi) is 30.9. The fraction of sp³-hybridized carbons (Fsp3) is 0.860. The summed E-state index contributed by atoms with van der Waals surface area (Å²) < 4.78 is 0. The normalized spacial score (nSPS) is 11.9. The Bertz CT molecular complexity index is 631. The van der Waals surface area contributed by atoms with Crippen molar-refractivity contribution in [2.45, 2.75) is 237 Å². The van der Waals surface area contributed by atoms with Crippen molar-refractivity contribution < 1.29 is 0 Å². The minimum absolute atomic E-state index is 0.285. The molecule has 1 atom stereocenters. The third-order valence-corrected chi connectivity index (χ3v) is 11.2. The van der Waals surface area contributed by atoms with Crippen LogP contribution in [0.3, 0.4) is 0 Å². The van der Waals surface area contributed by atoms with Gasteiger partial charge in [-0.05, 0) is 18.4 Å². The second-order valence-corrected chi connectivity index (χ2v) is 15.7. The SMILES string of the molecule is CCCCCCCCCCCCCCCCCCC(P)(CCCCCCCCCCCCCCCCCC)c1ccccc1. The van der Waals surface area contributed by atoms with Crippen molar-refractivity contribution in [2.75, 3.05) is 0 Å². The summed E-state index contributed by atoms with van der Waals surface area (Å²) in [5.74, 6) is 0. The molecule has 1 rings (SSSR count). The molecule has 44 heavy (non-hydrogen) atoms. The molecule has 1 heteroatoms. The van der Waals surface area contributed by atoms with Gasteiger partial charge in [-0.15, -0.1) is 9.24 Å². The standard InChI is InChI=1S/C43H81P/c1-3-5-7-9-11-13-15-17-19-21-23-25-27-29-31-36-40-43(44,42-38-34-33-35-39-42)41-37-32-30-28-26-24-22-20-18-16-14-12-10-8-6-4-2/h33-35,38-39H,3-32,36-37,40-41,44H2,1-2H3. The average Bonchev–Trinajstić information content (AvgIpc) is 3.04. The van der Waals surface area contributed by atoms with Crippen molar-refractivity contribution in [3.8, 4) is 0 Å². The van der Waals surface area contributed by atoms with Crippen LogP contribution in [0, 0.1) is 0 Å². The van der Waals surface area contributed by atoms with E-state index in [1.54, 1.807) is 5.56 Å². The molecule has 0 spiro atoms. The van der Waals surface area contributed by atoms with E-state index >= 15 is 0 Å². The van der Waals surface area contributed by atoms with E-state index in [1.165, 1.54) is 218 Å². The molecule has 1 unspecified atom stereocenters. The molecule has 0 nitrogen and oxygen atoms in total. The van der Waals surface area contributed by atoms with Gasteiger partial charge in [-0.2, -0.15) is 0 Å². The van der Waals surface area contributed by atoms with Gasteiger partial charge in [-0.1, -0.05) is 250 Å². The molecule has 0 saturated heterocycles. The van der Waals surface area contributed by atoms with Crippen molar-refractivity contribution in [1.82, 2.24) is 0 Å². The lowest BCUT2D eigenvalue weighted by atomic mass is 9.87. The Morgan fingerprint density at radius 1 is 0.341 bits per heavy atom. The summed E-state index contributed by atoms with van der Waals surface area (Å²) >= 11 is 0. The van der Waals surface area contributed by atoms with Crippen molar-refractivity contribution in [1.29, 1.82) is 0 Å². The van der Waals surface area contributed by atoms with E-state index in [-0.39, 0.29) is 5.16 Å². The average molecular weight is 629 g/mol. The third-order valence-electron chi connectivity index (χ3n) is 10.3. The van der Waals surface area contributed by atoms with Gasteiger partial charge < -0.3 is 0 Å². The van der Waals surface area contributed by atoms with Crippen LogP contribution >= 0.6 is 9.24 Å². The van der Waals surface area contributed by atoms with Crippen molar-refractivity contribution >= 4 is 9.24 Å². The summed E-state index contributed by atoms with van der Waals surface area (Å²) in [7, 11) is 3.33. The summed E-state index contributed by atoms with van der Waals surface area (Å²) in [6.07, 6.45) is 49.0. The van der Waals surface area contributed by atoms with Gasteiger partial charge in [-0.25, -0.2) is 0 Å². The summed E-state index contributed by atoms with van der Waals surface area (Å²) in [4.78, 5) is 0. The van der Waals surface area contributed by atoms with E-state index < -0.39 is 0 Å². The van der Waals surface area contributed by atoms with E-state index in [0.29, 0.717) is 0 Å². The van der Waals surface area contributed by atoms with E-state index in [2.05, 4.69) is 53.4 Å². The minimum atomic E-state index is 0.285. The molecule has 0 saturated carbocycles. The Balaban J connectivity index is 2.03. The molecule has 0 heterocycles. The molecule has 1 aromatic rings. The predicted molar refractivity (Wildman–Crippen MR) is 206 cm³/mol. The lowest BCUT2D eigenvalue weighted by molar-refractivity contribution is 0.449. The van der Waals surface area contributed by atoms with E-state index in [1.807, 2.05) is 0 Å². The van der Waals surface area contributed by atoms with Crippen LogP contribution in [0.4, 0.5) is 0 Å². The summed E-state index contributed by atoms with van der Waals surface area (Å²) in [5.41, 5.74) is 1.55. The van der Waals surface area contributed by atoms with Gasteiger partial charge in [0, 0.05) is 5.16 Å². The molecule has 0 fully saturated rings. The fourth-order valence-corrected chi connectivity index (χ4v) is 7.76. The maximum atomic E-state index is 3.33. The molecular weight excluding hydrogens is 547 g/mol. The predicted octanol–water partition coefficient (Wildman–Crippen LogP) is 16.1. The van der Waals surface area contributed by atoms with E-state index in [9.17, 15) is 0 Å². The summed E-state index contributed by atoms with van der Waals surface area (Å²) in [6.45, 7) is 4.62. The van der Waals surface area contributed by atoms with Gasteiger partial charge in [0.2, 0.25) is 0 Å². The number of hydrogen-bond donors (Lipinski definition) is 0. The first kappa shape index (κ1) is 41.7. The highest BCUT2D eigenvalue weighted by molar-refractivity contribution is 7.18. The van der Waals surface area contributed by atoms with Crippen LogP contribution in [0.25, 0.3) is 0 Å². The van der Waals surface area contributed by atoms with Gasteiger partial charge in [-0.3, -0.25) is 0 Å². The maximum absolute atomic E-state index is 3.33. The third kappa shape index (κ3) is 25.8. The van der Waals surface area contributed by atoms with Crippen molar-refractivity contribution in [3.05, 3.63) is 35.9 Å². The van der Waals surface area contributed by atoms with E-state index in [4.69, 9.17) is 0 Å². The zero-order valence-electron chi connectivity index (χ0n) is 30.5. The van der Waals surface area contributed by atoms with Crippen LogP contribution in [0.15, 0.2) is 30.3 Å². The number of benzene rings is 1. The number of unbranched alkanes of at least 4 members (excludes halogenated alkanes) is 30. The summed E-state index contributed by atoms with van der Waals surface area (Å²) in [6, 6.07) is 11.4. The van der Waals surface area contributed by atoms with Gasteiger partial charge in [0.1, 0.15) is 0 Å². The highest BCUT2D eigenvalue weighted by Gasteiger charge is 2.25. The molecule has 1 aromatic carbocycles. The van der Waals surface area contributed by atoms with Crippen LogP contribution in [0.1, 0.15) is 238 Å². The minimum Gasteiger partial charge on any atom is -0.126 e. The van der Waals surface area contributed by atoms with Gasteiger partial charge >= 0.3 is 0 Å². The fourth-order valence-electron chi connectivity index (χ4n) is 7.16. The molecule has 0 N–H and O–H groups in total. The smallest absolute Gasteiger partial charge is 0.00975 e. The second-order valence-electron chi connectivity index (χ2n) is 14.6. The van der Waals surface area contributed by atoms with E-state index in [0.717, 1.165) is 0 Å². The molecule has 0 aliphatic carbocycles. The topological polar surface area (TPSA) is 0 Å². The molecule has 0 radical (unpaired) electrons. The lowest BCUT2D eigenvalue weighted by Gasteiger charge is -2.30. The van der Waals surface area contributed by atoms with Crippen LogP contribution in [-0.2, 0) is 5.16 Å². The van der Waals surface area contributed by atoms with Crippen molar-refractivity contribution in [2.24, 2.45) is 0 Å². The highest BCUT2D eigenvalue weighted by atomic mass is 31.0. The quantitative estimate of drug-likeness (QED) is 0.0518. The highest BCUT2D eigenvalue weighted by Crippen LogP contribution is 2.42. The first-order valence-corrected chi connectivity index (χ1v) is 21.1. The molecule has 0 amide bonds. The summed E-state index contributed by atoms with van der Waals surface area (Å²) in [5, 5.41) is 0.285. The zero-order valence-corrected chi connectivity index (χ0v) is 31.7. The molecule has 0 aliphatic heterocycles. The van der Waals surface area contributed by atoms with Crippen LogP contribution in [0.5, 0.6) is 0 Å². The lowest BCUT2D eigenvalue weighted by Crippen LogP contribution is -2.18. The Morgan fingerprint density at radius 3 is 0.818 bits per heavy atom. The molecule has 0 aliphatic rings. The van der Waals surface area contributed by atoms with Gasteiger partial charge in [0.15, 0.2) is 0 Å². The first-order valence-electron chi connectivity index (χ1n) is 20.6.